The Bertz CT molecular complexity index is 886. The highest BCUT2D eigenvalue weighted by molar-refractivity contribution is 6.38. The van der Waals surface area contributed by atoms with Crippen LogP contribution in [0.1, 0.15) is 30.5 Å². The summed E-state index contributed by atoms with van der Waals surface area (Å²) in [5, 5.41) is 3.49. The molecule has 0 saturated heterocycles. The van der Waals surface area contributed by atoms with Crippen LogP contribution < -0.4 is 15.0 Å². The Morgan fingerprint density at radius 1 is 1.19 bits per heavy atom. The van der Waals surface area contributed by atoms with E-state index in [0.717, 1.165) is 11.3 Å². The zero-order valence-electron chi connectivity index (χ0n) is 15.1. The van der Waals surface area contributed by atoms with E-state index >= 15 is 0 Å². The molecule has 2 amide bonds. The first kappa shape index (κ1) is 19.5. The van der Waals surface area contributed by atoms with Gasteiger partial charge in [-0.05, 0) is 37.1 Å². The molecule has 0 radical (unpaired) electrons. The number of hydrogen-bond donors (Lipinski definition) is 1. The second-order valence-electron chi connectivity index (χ2n) is 6.38. The van der Waals surface area contributed by atoms with Crippen molar-refractivity contribution < 1.29 is 14.3 Å². The number of benzene rings is 2. The molecular formula is C20H20Cl2N2O3. The number of para-hydroxylation sites is 1. The lowest BCUT2D eigenvalue weighted by Crippen LogP contribution is -2.37. The number of nitrogens with one attached hydrogen (secondary N) is 1. The van der Waals surface area contributed by atoms with Gasteiger partial charge in [-0.1, -0.05) is 41.4 Å². The van der Waals surface area contributed by atoms with E-state index < -0.39 is 6.04 Å². The summed E-state index contributed by atoms with van der Waals surface area (Å²) in [4.78, 5) is 26.0. The van der Waals surface area contributed by atoms with Crippen LogP contribution in [0.4, 0.5) is 5.69 Å². The maximum absolute atomic E-state index is 12.9. The molecule has 27 heavy (non-hydrogen) atoms. The summed E-state index contributed by atoms with van der Waals surface area (Å²) in [7, 11) is 0. The van der Waals surface area contributed by atoms with Gasteiger partial charge in [0.25, 0.3) is 5.91 Å². The lowest BCUT2D eigenvalue weighted by molar-refractivity contribution is -0.126. The van der Waals surface area contributed by atoms with Crippen molar-refractivity contribution in [3.05, 3.63) is 57.6 Å². The zero-order chi connectivity index (χ0) is 19.6. The summed E-state index contributed by atoms with van der Waals surface area (Å²) in [6, 6.07) is 10.2. The molecular weight excluding hydrogens is 387 g/mol. The van der Waals surface area contributed by atoms with E-state index in [2.05, 4.69) is 5.32 Å². The monoisotopic (exact) mass is 406 g/mol. The van der Waals surface area contributed by atoms with E-state index in [4.69, 9.17) is 27.9 Å². The molecule has 0 aromatic heterocycles. The first-order valence-electron chi connectivity index (χ1n) is 8.65. The molecule has 1 heterocycles. The van der Waals surface area contributed by atoms with Gasteiger partial charge >= 0.3 is 0 Å². The van der Waals surface area contributed by atoms with Crippen LogP contribution in [0.15, 0.2) is 36.4 Å². The number of anilines is 1. The largest absolute Gasteiger partial charge is 0.493 e. The maximum Gasteiger partial charge on any atom is 0.254 e. The summed E-state index contributed by atoms with van der Waals surface area (Å²) >= 11 is 12.6. The van der Waals surface area contributed by atoms with Gasteiger partial charge in [0, 0.05) is 24.1 Å². The Hall–Kier alpha value is -2.24. The van der Waals surface area contributed by atoms with Crippen molar-refractivity contribution in [2.24, 2.45) is 0 Å². The number of amides is 2. The first-order valence-corrected chi connectivity index (χ1v) is 9.40. The summed E-state index contributed by atoms with van der Waals surface area (Å²) < 4.78 is 5.80. The molecule has 1 aliphatic rings. The van der Waals surface area contributed by atoms with Gasteiger partial charge in [0.2, 0.25) is 5.91 Å². The van der Waals surface area contributed by atoms with Crippen LogP contribution in [0.2, 0.25) is 10.0 Å². The average molecular weight is 407 g/mol. The maximum atomic E-state index is 12.9. The number of carbonyl (C=O) groups is 2. The standard InChI is InChI=1S/C20H20Cl2N2O3/c1-12-6-3-4-7-16(12)27-11-5-10-24-19-15(22)9-8-14(21)17(19)18(20(24)26)23-13(2)25/h3-4,6-9,18H,5,10-11H2,1-2H3,(H,23,25)/t18-/m0/s1. The highest BCUT2D eigenvalue weighted by Crippen LogP contribution is 2.44. The highest BCUT2D eigenvalue weighted by atomic mass is 35.5. The zero-order valence-corrected chi connectivity index (χ0v) is 16.6. The molecule has 3 rings (SSSR count). The molecule has 2 aromatic carbocycles. The average Bonchev–Trinajstić information content (AvgIpc) is 2.90. The quantitative estimate of drug-likeness (QED) is 0.727. The van der Waals surface area contributed by atoms with Gasteiger partial charge in [0.15, 0.2) is 0 Å². The van der Waals surface area contributed by atoms with Crippen molar-refractivity contribution in [1.82, 2.24) is 5.32 Å². The number of nitrogens with zero attached hydrogens (tertiary/aromatic N) is 1. The van der Waals surface area contributed by atoms with Crippen LogP contribution in [-0.4, -0.2) is 25.0 Å². The van der Waals surface area contributed by atoms with E-state index in [9.17, 15) is 9.59 Å². The van der Waals surface area contributed by atoms with Crippen molar-refractivity contribution in [2.75, 3.05) is 18.1 Å². The van der Waals surface area contributed by atoms with Gasteiger partial charge in [-0.25, -0.2) is 0 Å². The molecule has 1 atom stereocenters. The molecule has 1 aliphatic heterocycles. The second-order valence-corrected chi connectivity index (χ2v) is 7.20. The van der Waals surface area contributed by atoms with Crippen molar-refractivity contribution >= 4 is 40.7 Å². The summed E-state index contributed by atoms with van der Waals surface area (Å²) in [6.45, 7) is 4.21. The molecule has 0 fully saturated rings. The third-order valence-electron chi connectivity index (χ3n) is 4.41. The summed E-state index contributed by atoms with van der Waals surface area (Å²) in [5.41, 5.74) is 2.16. The van der Waals surface area contributed by atoms with Crippen LogP contribution in [0.5, 0.6) is 5.75 Å². The fourth-order valence-electron chi connectivity index (χ4n) is 3.18. The van der Waals surface area contributed by atoms with E-state index in [0.29, 0.717) is 40.9 Å². The van der Waals surface area contributed by atoms with Crippen molar-refractivity contribution in [3.63, 3.8) is 0 Å². The topological polar surface area (TPSA) is 58.6 Å². The SMILES string of the molecule is CC(=O)N[C@@H]1C(=O)N(CCCOc2ccccc2C)c2c(Cl)ccc(Cl)c21. The van der Waals surface area contributed by atoms with Gasteiger partial charge in [0.1, 0.15) is 11.8 Å². The van der Waals surface area contributed by atoms with E-state index in [1.807, 2.05) is 31.2 Å². The lowest BCUT2D eigenvalue weighted by Gasteiger charge is -2.19. The van der Waals surface area contributed by atoms with Crippen molar-refractivity contribution in [2.45, 2.75) is 26.3 Å². The Morgan fingerprint density at radius 2 is 1.89 bits per heavy atom. The lowest BCUT2D eigenvalue weighted by atomic mass is 10.1. The van der Waals surface area contributed by atoms with E-state index in [1.165, 1.54) is 6.92 Å². The van der Waals surface area contributed by atoms with Gasteiger partial charge in [0.05, 0.1) is 17.3 Å². The molecule has 0 unspecified atom stereocenters. The Balaban J connectivity index is 1.74. The number of fused-ring (bicyclic) bond motifs is 1. The number of carbonyl (C=O) groups excluding carboxylic acids is 2. The summed E-state index contributed by atoms with van der Waals surface area (Å²) in [6.07, 6.45) is 0.606. The van der Waals surface area contributed by atoms with Crippen LogP contribution in [-0.2, 0) is 9.59 Å². The minimum Gasteiger partial charge on any atom is -0.493 e. The molecule has 0 bridgehead atoms. The molecule has 7 heteroatoms. The minimum absolute atomic E-state index is 0.244. The molecule has 142 valence electrons. The van der Waals surface area contributed by atoms with Gasteiger partial charge in [-0.3, -0.25) is 9.59 Å². The number of hydrogen-bond acceptors (Lipinski definition) is 3. The normalized spacial score (nSPS) is 15.6. The van der Waals surface area contributed by atoms with Crippen molar-refractivity contribution in [1.29, 1.82) is 0 Å². The van der Waals surface area contributed by atoms with Crippen LogP contribution in [0.25, 0.3) is 0 Å². The van der Waals surface area contributed by atoms with Gasteiger partial charge < -0.3 is 15.0 Å². The van der Waals surface area contributed by atoms with Crippen LogP contribution >= 0.6 is 23.2 Å². The minimum atomic E-state index is -0.819. The smallest absolute Gasteiger partial charge is 0.254 e. The highest BCUT2D eigenvalue weighted by Gasteiger charge is 2.40. The molecule has 0 aliphatic carbocycles. The molecule has 1 N–H and O–H groups in total. The van der Waals surface area contributed by atoms with Crippen LogP contribution in [0.3, 0.4) is 0 Å². The van der Waals surface area contributed by atoms with Crippen LogP contribution in [0, 0.1) is 6.92 Å². The number of ether oxygens (including phenoxy) is 1. The predicted octanol–water partition coefficient (Wildman–Crippen LogP) is 4.29. The fraction of sp³-hybridized carbons (Fsp3) is 0.300. The third-order valence-corrected chi connectivity index (χ3v) is 5.05. The molecule has 0 spiro atoms. The predicted molar refractivity (Wildman–Crippen MR) is 107 cm³/mol. The van der Waals surface area contributed by atoms with E-state index in [1.54, 1.807) is 17.0 Å². The summed E-state index contributed by atoms with van der Waals surface area (Å²) in [5.74, 6) is 0.272. The number of aryl methyl sites for hydroxylation is 1. The Morgan fingerprint density at radius 3 is 2.59 bits per heavy atom. The molecule has 0 saturated carbocycles. The Kier molecular flexibility index (Phi) is 5.92. The second kappa shape index (κ2) is 8.19. The molecule has 2 aromatic rings. The number of halogens is 2. The Labute approximate surface area is 168 Å². The van der Waals surface area contributed by atoms with E-state index in [-0.39, 0.29) is 11.8 Å². The molecule has 5 nitrogen and oxygen atoms in total. The number of rotatable bonds is 6. The van der Waals surface area contributed by atoms with Crippen molar-refractivity contribution in [3.8, 4) is 5.75 Å². The first-order chi connectivity index (χ1) is 12.9. The third kappa shape index (κ3) is 4.04. The van der Waals surface area contributed by atoms with Gasteiger partial charge in [-0.15, -0.1) is 0 Å². The van der Waals surface area contributed by atoms with Gasteiger partial charge in [-0.2, -0.15) is 0 Å². The fourth-order valence-corrected chi connectivity index (χ4v) is 3.71.